The molecule has 32 heavy (non-hydrogen) atoms. The summed E-state index contributed by atoms with van der Waals surface area (Å²) in [5.41, 5.74) is 0.00931. The maximum absolute atomic E-state index is 13.0. The van der Waals surface area contributed by atoms with E-state index in [0.29, 0.717) is 0 Å². The SMILES string of the molecule is CC1=C(C(=O)O)C(c2ccccc2OCc2cccc(C(F)(F)F)c2)C(C(=O)O)=C(C)N1. The van der Waals surface area contributed by atoms with Gasteiger partial charge in [0.2, 0.25) is 0 Å². The van der Waals surface area contributed by atoms with Gasteiger partial charge in [-0.05, 0) is 37.6 Å². The number of carboxylic acids is 2. The molecule has 0 bridgehead atoms. The van der Waals surface area contributed by atoms with Crippen molar-refractivity contribution < 1.29 is 37.7 Å². The standard InChI is InChI=1S/C23H20F3NO5/c1-12-18(21(28)29)20(19(22(30)31)13(2)27-12)16-8-3-4-9-17(16)32-11-14-6-5-7-15(10-14)23(24,25)26/h3-10,20,27H,11H2,1-2H3,(H,28,29)(H,30,31). The molecule has 1 aliphatic rings. The van der Waals surface area contributed by atoms with E-state index in [4.69, 9.17) is 4.74 Å². The van der Waals surface area contributed by atoms with Crippen LogP contribution in [0.15, 0.2) is 71.1 Å². The van der Waals surface area contributed by atoms with Gasteiger partial charge in [-0.1, -0.05) is 30.3 Å². The van der Waals surface area contributed by atoms with Crippen LogP contribution in [0.5, 0.6) is 5.75 Å². The third-order valence-electron chi connectivity index (χ3n) is 5.10. The molecule has 2 aromatic rings. The van der Waals surface area contributed by atoms with Crippen molar-refractivity contribution in [1.82, 2.24) is 5.32 Å². The molecular formula is C23H20F3NO5. The fourth-order valence-electron chi connectivity index (χ4n) is 3.72. The number of halogens is 3. The van der Waals surface area contributed by atoms with Gasteiger partial charge in [-0.25, -0.2) is 9.59 Å². The molecule has 0 saturated heterocycles. The Labute approximate surface area is 181 Å². The number of carboxylic acid groups (broad SMARTS) is 2. The van der Waals surface area contributed by atoms with Gasteiger partial charge >= 0.3 is 18.1 Å². The number of carbonyl (C=O) groups is 2. The number of ether oxygens (including phenoxy) is 1. The Morgan fingerprint density at radius 1 is 0.969 bits per heavy atom. The predicted octanol–water partition coefficient (Wildman–Crippen LogP) is 4.69. The van der Waals surface area contributed by atoms with Gasteiger partial charge in [0.15, 0.2) is 0 Å². The number of aliphatic carboxylic acids is 2. The van der Waals surface area contributed by atoms with Crippen molar-refractivity contribution in [2.75, 3.05) is 0 Å². The largest absolute Gasteiger partial charge is 0.489 e. The Morgan fingerprint density at radius 3 is 2.12 bits per heavy atom. The zero-order valence-corrected chi connectivity index (χ0v) is 17.2. The van der Waals surface area contributed by atoms with Crippen LogP contribution in [0.4, 0.5) is 13.2 Å². The Kier molecular flexibility index (Phi) is 6.29. The van der Waals surface area contributed by atoms with Crippen LogP contribution in [0.25, 0.3) is 0 Å². The molecule has 3 rings (SSSR count). The average molecular weight is 447 g/mol. The molecule has 0 unspecified atom stereocenters. The minimum absolute atomic E-state index is 0.150. The van der Waals surface area contributed by atoms with Gasteiger partial charge in [-0.2, -0.15) is 13.2 Å². The van der Waals surface area contributed by atoms with Gasteiger partial charge in [-0.3, -0.25) is 0 Å². The molecule has 0 saturated carbocycles. The lowest BCUT2D eigenvalue weighted by Crippen LogP contribution is -2.31. The quantitative estimate of drug-likeness (QED) is 0.595. The van der Waals surface area contributed by atoms with Crippen molar-refractivity contribution in [3.63, 3.8) is 0 Å². The number of nitrogens with one attached hydrogen (secondary N) is 1. The minimum atomic E-state index is -4.50. The second kappa shape index (κ2) is 8.78. The van der Waals surface area contributed by atoms with Crippen LogP contribution in [-0.2, 0) is 22.4 Å². The topological polar surface area (TPSA) is 95.9 Å². The van der Waals surface area contributed by atoms with Gasteiger partial charge < -0.3 is 20.3 Å². The van der Waals surface area contributed by atoms with Crippen LogP contribution in [0.2, 0.25) is 0 Å². The van der Waals surface area contributed by atoms with Crippen molar-refractivity contribution in [2.45, 2.75) is 32.5 Å². The number of dihydropyridines is 1. The normalized spacial score (nSPS) is 14.9. The molecule has 0 aliphatic carbocycles. The Bertz CT molecular complexity index is 1100. The van der Waals surface area contributed by atoms with E-state index in [2.05, 4.69) is 5.32 Å². The summed E-state index contributed by atoms with van der Waals surface area (Å²) in [6, 6.07) is 10.9. The van der Waals surface area contributed by atoms with Gasteiger partial charge in [0.1, 0.15) is 12.4 Å². The lowest BCUT2D eigenvalue weighted by Gasteiger charge is -2.29. The molecule has 3 N–H and O–H groups in total. The van der Waals surface area contributed by atoms with E-state index >= 15 is 0 Å². The molecule has 6 nitrogen and oxygen atoms in total. The summed E-state index contributed by atoms with van der Waals surface area (Å²) in [4.78, 5) is 24.0. The fourth-order valence-corrected chi connectivity index (χ4v) is 3.72. The highest BCUT2D eigenvalue weighted by Crippen LogP contribution is 2.42. The van der Waals surface area contributed by atoms with E-state index in [9.17, 15) is 33.0 Å². The third-order valence-corrected chi connectivity index (χ3v) is 5.10. The first-order valence-electron chi connectivity index (χ1n) is 9.53. The van der Waals surface area contributed by atoms with E-state index < -0.39 is 29.6 Å². The maximum Gasteiger partial charge on any atom is 0.416 e. The predicted molar refractivity (Wildman–Crippen MR) is 109 cm³/mol. The number of rotatable bonds is 6. The Hall–Kier alpha value is -3.75. The molecule has 0 atom stereocenters. The average Bonchev–Trinajstić information content (AvgIpc) is 2.71. The summed E-state index contributed by atoms with van der Waals surface area (Å²) in [6.45, 7) is 2.84. The summed E-state index contributed by atoms with van der Waals surface area (Å²) in [5, 5.41) is 22.3. The van der Waals surface area contributed by atoms with E-state index in [1.54, 1.807) is 18.2 Å². The van der Waals surface area contributed by atoms with Crippen LogP contribution in [0.1, 0.15) is 36.5 Å². The van der Waals surface area contributed by atoms with Gasteiger partial charge in [0, 0.05) is 17.0 Å². The van der Waals surface area contributed by atoms with Crippen LogP contribution in [0.3, 0.4) is 0 Å². The molecule has 1 heterocycles. The Balaban J connectivity index is 2.02. The van der Waals surface area contributed by atoms with Crippen molar-refractivity contribution in [3.8, 4) is 5.75 Å². The van der Waals surface area contributed by atoms with Crippen LogP contribution >= 0.6 is 0 Å². The van der Waals surface area contributed by atoms with Crippen LogP contribution < -0.4 is 10.1 Å². The van der Waals surface area contributed by atoms with Crippen molar-refractivity contribution in [1.29, 1.82) is 0 Å². The summed E-state index contributed by atoms with van der Waals surface area (Å²) in [6.07, 6.45) is -4.50. The molecule has 0 fully saturated rings. The summed E-state index contributed by atoms with van der Waals surface area (Å²) in [5.74, 6) is -3.54. The van der Waals surface area contributed by atoms with E-state index in [1.165, 1.54) is 32.0 Å². The lowest BCUT2D eigenvalue weighted by molar-refractivity contribution is -0.138. The molecule has 0 amide bonds. The second-order valence-corrected chi connectivity index (χ2v) is 7.27. The molecule has 0 spiro atoms. The van der Waals surface area contributed by atoms with Crippen molar-refractivity contribution in [3.05, 3.63) is 87.8 Å². The van der Waals surface area contributed by atoms with E-state index in [-0.39, 0.29) is 46.0 Å². The van der Waals surface area contributed by atoms with Gasteiger partial charge in [0.25, 0.3) is 0 Å². The molecular weight excluding hydrogens is 427 g/mol. The second-order valence-electron chi connectivity index (χ2n) is 7.27. The highest BCUT2D eigenvalue weighted by molar-refractivity contribution is 5.98. The number of allylic oxidation sites excluding steroid dienone is 2. The first-order chi connectivity index (χ1) is 15.0. The summed E-state index contributed by atoms with van der Waals surface area (Å²) < 4.78 is 44.7. The first kappa shape index (κ1) is 22.9. The summed E-state index contributed by atoms with van der Waals surface area (Å²) >= 11 is 0. The monoisotopic (exact) mass is 447 g/mol. The molecule has 2 aromatic carbocycles. The fraction of sp³-hybridized carbons (Fsp3) is 0.217. The number of benzene rings is 2. The molecule has 168 valence electrons. The summed E-state index contributed by atoms with van der Waals surface area (Å²) in [7, 11) is 0. The maximum atomic E-state index is 13.0. The zero-order valence-electron chi connectivity index (χ0n) is 17.2. The highest BCUT2D eigenvalue weighted by atomic mass is 19.4. The van der Waals surface area contributed by atoms with E-state index in [0.717, 1.165) is 12.1 Å². The minimum Gasteiger partial charge on any atom is -0.489 e. The van der Waals surface area contributed by atoms with Crippen LogP contribution in [-0.4, -0.2) is 22.2 Å². The van der Waals surface area contributed by atoms with Crippen LogP contribution in [0, 0.1) is 0 Å². The first-order valence-corrected chi connectivity index (χ1v) is 9.53. The van der Waals surface area contributed by atoms with Crippen molar-refractivity contribution >= 4 is 11.9 Å². The number of hydrogen-bond acceptors (Lipinski definition) is 4. The smallest absolute Gasteiger partial charge is 0.416 e. The number of hydrogen-bond donors (Lipinski definition) is 3. The molecule has 0 aromatic heterocycles. The third kappa shape index (κ3) is 4.61. The molecule has 1 aliphatic heterocycles. The number of alkyl halides is 3. The highest BCUT2D eigenvalue weighted by Gasteiger charge is 2.38. The number of para-hydroxylation sites is 1. The van der Waals surface area contributed by atoms with E-state index in [1.807, 2.05) is 0 Å². The van der Waals surface area contributed by atoms with Gasteiger partial charge in [0.05, 0.1) is 22.6 Å². The zero-order chi connectivity index (χ0) is 23.6. The Morgan fingerprint density at radius 2 is 1.56 bits per heavy atom. The molecule has 9 heteroatoms. The molecule has 0 radical (unpaired) electrons. The lowest BCUT2D eigenvalue weighted by atomic mass is 9.80. The van der Waals surface area contributed by atoms with Gasteiger partial charge in [-0.15, -0.1) is 0 Å². The van der Waals surface area contributed by atoms with Crippen molar-refractivity contribution in [2.24, 2.45) is 0 Å².